The van der Waals surface area contributed by atoms with Crippen LogP contribution >= 0.6 is 11.3 Å². The highest BCUT2D eigenvalue weighted by Gasteiger charge is 2.25. The third-order valence-electron chi connectivity index (χ3n) is 5.46. The number of carboxylic acids is 1. The Kier molecular flexibility index (Phi) is 6.92. The molecule has 7 heteroatoms. The second-order valence-electron chi connectivity index (χ2n) is 7.86. The van der Waals surface area contributed by atoms with Crippen LogP contribution < -0.4 is 5.32 Å². The van der Waals surface area contributed by atoms with E-state index in [4.69, 9.17) is 4.98 Å². The zero-order chi connectivity index (χ0) is 21.8. The van der Waals surface area contributed by atoms with Crippen LogP contribution in [-0.2, 0) is 11.2 Å². The molecular formula is C23H29N3O3S. The SMILES string of the molecule is CCC(CC)n1c(Cc2cccs2)nc2cc(C(=O)NC(C(=O)O)C(C)C)ccc21. The molecule has 1 atom stereocenters. The van der Waals surface area contributed by atoms with Gasteiger partial charge in [0.05, 0.1) is 11.0 Å². The van der Waals surface area contributed by atoms with Crippen molar-refractivity contribution in [2.24, 2.45) is 5.92 Å². The zero-order valence-corrected chi connectivity index (χ0v) is 18.7. The third-order valence-corrected chi connectivity index (χ3v) is 6.34. The Morgan fingerprint density at radius 2 is 1.93 bits per heavy atom. The molecule has 0 saturated heterocycles. The first-order valence-corrected chi connectivity index (χ1v) is 11.3. The molecule has 0 spiro atoms. The summed E-state index contributed by atoms with van der Waals surface area (Å²) in [5.41, 5.74) is 2.19. The van der Waals surface area contributed by atoms with Crippen LogP contribution in [0, 0.1) is 5.92 Å². The second-order valence-corrected chi connectivity index (χ2v) is 8.89. The van der Waals surface area contributed by atoms with Crippen molar-refractivity contribution in [1.29, 1.82) is 0 Å². The number of aliphatic carboxylic acids is 1. The Labute approximate surface area is 180 Å². The molecule has 1 aromatic carbocycles. The van der Waals surface area contributed by atoms with Crippen molar-refractivity contribution in [1.82, 2.24) is 14.9 Å². The number of rotatable bonds is 9. The van der Waals surface area contributed by atoms with Gasteiger partial charge in [0.15, 0.2) is 0 Å². The summed E-state index contributed by atoms with van der Waals surface area (Å²) in [6, 6.07) is 9.01. The number of fused-ring (bicyclic) bond motifs is 1. The molecule has 1 unspecified atom stereocenters. The molecule has 160 valence electrons. The number of nitrogens with zero attached hydrogens (tertiary/aromatic N) is 2. The van der Waals surface area contributed by atoms with Gasteiger partial charge in [0.1, 0.15) is 11.9 Å². The molecule has 2 heterocycles. The second kappa shape index (κ2) is 9.43. The van der Waals surface area contributed by atoms with E-state index in [0.717, 1.165) is 36.1 Å². The average molecular weight is 428 g/mol. The summed E-state index contributed by atoms with van der Waals surface area (Å²) in [6.45, 7) is 7.90. The van der Waals surface area contributed by atoms with Crippen LogP contribution in [0.25, 0.3) is 11.0 Å². The van der Waals surface area contributed by atoms with Crippen molar-refractivity contribution in [2.45, 2.75) is 59.0 Å². The molecule has 0 bridgehead atoms. The number of nitrogens with one attached hydrogen (secondary N) is 1. The molecule has 0 saturated carbocycles. The van der Waals surface area contributed by atoms with Gasteiger partial charge in [0.25, 0.3) is 5.91 Å². The van der Waals surface area contributed by atoms with E-state index < -0.39 is 17.9 Å². The van der Waals surface area contributed by atoms with Crippen LogP contribution in [0.2, 0.25) is 0 Å². The first kappa shape index (κ1) is 22.0. The van der Waals surface area contributed by atoms with Gasteiger partial charge in [-0.25, -0.2) is 9.78 Å². The largest absolute Gasteiger partial charge is 0.480 e. The number of carbonyl (C=O) groups is 2. The van der Waals surface area contributed by atoms with E-state index in [1.54, 1.807) is 37.3 Å². The molecular weight excluding hydrogens is 398 g/mol. The molecule has 0 fully saturated rings. The summed E-state index contributed by atoms with van der Waals surface area (Å²) in [7, 11) is 0. The molecule has 30 heavy (non-hydrogen) atoms. The Bertz CT molecular complexity index is 1020. The monoisotopic (exact) mass is 427 g/mol. The van der Waals surface area contributed by atoms with Gasteiger partial charge in [-0.3, -0.25) is 4.79 Å². The van der Waals surface area contributed by atoms with Crippen molar-refractivity contribution >= 4 is 34.2 Å². The van der Waals surface area contributed by atoms with E-state index in [1.165, 1.54) is 4.88 Å². The Balaban J connectivity index is 1.99. The Hall–Kier alpha value is -2.67. The molecule has 0 radical (unpaired) electrons. The minimum Gasteiger partial charge on any atom is -0.480 e. The number of imidazole rings is 1. The lowest BCUT2D eigenvalue weighted by Crippen LogP contribution is -2.44. The normalized spacial score (nSPS) is 12.6. The number of carboxylic acid groups (broad SMARTS) is 1. The maximum Gasteiger partial charge on any atom is 0.326 e. The molecule has 1 amide bonds. The summed E-state index contributed by atoms with van der Waals surface area (Å²) in [5.74, 6) is -0.642. The van der Waals surface area contributed by atoms with Gasteiger partial charge in [-0.1, -0.05) is 33.8 Å². The standard InChI is InChI=1S/C23H29N3O3S/c1-5-16(6-2)26-19-10-9-15(22(27)25-21(14(3)4)23(28)29)12-18(19)24-20(26)13-17-8-7-11-30-17/h7-12,14,16,21H,5-6,13H2,1-4H3,(H,25,27)(H,28,29). The predicted molar refractivity (Wildman–Crippen MR) is 120 cm³/mol. The number of thiophene rings is 1. The maximum atomic E-state index is 12.7. The lowest BCUT2D eigenvalue weighted by atomic mass is 10.0. The Morgan fingerprint density at radius 3 is 2.50 bits per heavy atom. The van der Waals surface area contributed by atoms with E-state index in [-0.39, 0.29) is 5.92 Å². The highest BCUT2D eigenvalue weighted by molar-refractivity contribution is 7.09. The van der Waals surface area contributed by atoms with Gasteiger partial charge in [0.2, 0.25) is 0 Å². The zero-order valence-electron chi connectivity index (χ0n) is 17.9. The molecule has 0 aliphatic carbocycles. The van der Waals surface area contributed by atoms with Gasteiger partial charge >= 0.3 is 5.97 Å². The van der Waals surface area contributed by atoms with Crippen molar-refractivity contribution < 1.29 is 14.7 Å². The van der Waals surface area contributed by atoms with Gasteiger partial charge in [-0.15, -0.1) is 11.3 Å². The topological polar surface area (TPSA) is 84.2 Å². The van der Waals surface area contributed by atoms with Crippen LogP contribution in [0.5, 0.6) is 0 Å². The molecule has 3 aromatic rings. The number of benzene rings is 1. The molecule has 6 nitrogen and oxygen atoms in total. The quantitative estimate of drug-likeness (QED) is 0.509. The van der Waals surface area contributed by atoms with Gasteiger partial charge < -0.3 is 15.0 Å². The van der Waals surface area contributed by atoms with Crippen molar-refractivity contribution in [3.63, 3.8) is 0 Å². The summed E-state index contributed by atoms with van der Waals surface area (Å²) < 4.78 is 2.30. The number of amides is 1. The van der Waals surface area contributed by atoms with E-state index in [9.17, 15) is 14.7 Å². The fourth-order valence-electron chi connectivity index (χ4n) is 3.78. The first-order valence-electron chi connectivity index (χ1n) is 10.4. The van der Waals surface area contributed by atoms with Crippen molar-refractivity contribution in [3.05, 3.63) is 52.0 Å². The lowest BCUT2D eigenvalue weighted by Gasteiger charge is -2.19. The van der Waals surface area contributed by atoms with Crippen LogP contribution in [0.4, 0.5) is 0 Å². The average Bonchev–Trinajstić information content (AvgIpc) is 3.34. The van der Waals surface area contributed by atoms with E-state index in [2.05, 4.69) is 35.2 Å². The van der Waals surface area contributed by atoms with Crippen LogP contribution in [0.3, 0.4) is 0 Å². The minimum absolute atomic E-state index is 0.207. The molecule has 0 aliphatic heterocycles. The maximum absolute atomic E-state index is 12.7. The fraction of sp³-hybridized carbons (Fsp3) is 0.435. The highest BCUT2D eigenvalue weighted by atomic mass is 32.1. The van der Waals surface area contributed by atoms with Crippen molar-refractivity contribution in [2.75, 3.05) is 0 Å². The molecule has 0 aliphatic rings. The third kappa shape index (κ3) is 4.56. The number of hydrogen-bond donors (Lipinski definition) is 2. The smallest absolute Gasteiger partial charge is 0.326 e. The van der Waals surface area contributed by atoms with Crippen molar-refractivity contribution in [3.8, 4) is 0 Å². The number of aromatic nitrogens is 2. The summed E-state index contributed by atoms with van der Waals surface area (Å²) in [6.07, 6.45) is 2.74. The highest BCUT2D eigenvalue weighted by Crippen LogP contribution is 2.28. The van der Waals surface area contributed by atoms with Crippen LogP contribution in [0.15, 0.2) is 35.7 Å². The number of hydrogen-bond acceptors (Lipinski definition) is 4. The Morgan fingerprint density at radius 1 is 1.20 bits per heavy atom. The molecule has 2 aromatic heterocycles. The summed E-state index contributed by atoms with van der Waals surface area (Å²) in [5, 5.41) is 14.1. The van der Waals surface area contributed by atoms with E-state index in [1.807, 2.05) is 12.1 Å². The van der Waals surface area contributed by atoms with Crippen LogP contribution in [0.1, 0.15) is 67.6 Å². The fourth-order valence-corrected chi connectivity index (χ4v) is 4.48. The first-order chi connectivity index (χ1) is 14.3. The molecule has 2 N–H and O–H groups in total. The van der Waals surface area contributed by atoms with Crippen LogP contribution in [-0.4, -0.2) is 32.6 Å². The van der Waals surface area contributed by atoms with Gasteiger partial charge in [0, 0.05) is 22.9 Å². The van der Waals surface area contributed by atoms with Gasteiger partial charge in [-0.2, -0.15) is 0 Å². The molecule has 3 rings (SSSR count). The van der Waals surface area contributed by atoms with Gasteiger partial charge in [-0.05, 0) is 48.4 Å². The van der Waals surface area contributed by atoms with E-state index in [0.29, 0.717) is 11.6 Å². The lowest BCUT2D eigenvalue weighted by molar-refractivity contribution is -0.140. The predicted octanol–water partition coefficient (Wildman–Crippen LogP) is 4.89. The van der Waals surface area contributed by atoms with E-state index >= 15 is 0 Å². The minimum atomic E-state index is -1.03. The summed E-state index contributed by atoms with van der Waals surface area (Å²) in [4.78, 5) is 30.2. The summed E-state index contributed by atoms with van der Waals surface area (Å²) >= 11 is 1.71. The number of carbonyl (C=O) groups excluding carboxylic acids is 1.